The van der Waals surface area contributed by atoms with Gasteiger partial charge >= 0.3 is 0 Å². The van der Waals surface area contributed by atoms with Crippen LogP contribution in [0.25, 0.3) is 0 Å². The molecular formula is C18H17Cl2N5O. The lowest BCUT2D eigenvalue weighted by atomic mass is 10.3. The molecule has 2 N–H and O–H groups in total. The van der Waals surface area contributed by atoms with Gasteiger partial charge in [-0.1, -0.05) is 35.3 Å². The van der Waals surface area contributed by atoms with E-state index in [1.807, 2.05) is 38.1 Å². The average molecular weight is 390 g/mol. The highest BCUT2D eigenvalue weighted by Crippen LogP contribution is 2.29. The molecule has 8 heteroatoms. The topological polar surface area (TPSA) is 72.0 Å². The molecule has 26 heavy (non-hydrogen) atoms. The van der Waals surface area contributed by atoms with Crippen molar-refractivity contribution < 1.29 is 4.74 Å². The van der Waals surface area contributed by atoms with E-state index in [1.165, 1.54) is 6.20 Å². The summed E-state index contributed by atoms with van der Waals surface area (Å²) >= 11 is 12.2. The maximum atomic E-state index is 6.16. The zero-order valence-corrected chi connectivity index (χ0v) is 15.7. The van der Waals surface area contributed by atoms with Crippen LogP contribution in [0.5, 0.6) is 5.75 Å². The quantitative estimate of drug-likeness (QED) is 0.583. The molecule has 134 valence electrons. The van der Waals surface area contributed by atoms with E-state index in [0.717, 1.165) is 11.4 Å². The number of aromatic nitrogens is 3. The SMILES string of the molecule is CC(C)Oc1ccccc1Nc1cnnc(Nc2cc(Cl)ccc2Cl)n1. The summed E-state index contributed by atoms with van der Waals surface area (Å²) in [5, 5.41) is 15.2. The molecule has 1 heterocycles. The van der Waals surface area contributed by atoms with Gasteiger partial charge in [-0.25, -0.2) is 0 Å². The molecule has 2 aromatic carbocycles. The summed E-state index contributed by atoms with van der Waals surface area (Å²) in [6.45, 7) is 3.94. The highest BCUT2D eigenvalue weighted by molar-refractivity contribution is 6.35. The zero-order valence-electron chi connectivity index (χ0n) is 14.2. The first-order valence-electron chi connectivity index (χ1n) is 7.96. The summed E-state index contributed by atoms with van der Waals surface area (Å²) in [5.74, 6) is 1.54. The molecule has 0 atom stereocenters. The fourth-order valence-electron chi connectivity index (χ4n) is 2.20. The zero-order chi connectivity index (χ0) is 18.5. The van der Waals surface area contributed by atoms with Crippen molar-refractivity contribution in [3.05, 3.63) is 58.7 Å². The molecule has 0 bridgehead atoms. The van der Waals surface area contributed by atoms with Crippen LogP contribution in [0, 0.1) is 0 Å². The lowest BCUT2D eigenvalue weighted by molar-refractivity contribution is 0.244. The number of para-hydroxylation sites is 2. The van der Waals surface area contributed by atoms with E-state index in [1.54, 1.807) is 18.2 Å². The van der Waals surface area contributed by atoms with Crippen LogP contribution in [-0.4, -0.2) is 21.3 Å². The largest absolute Gasteiger partial charge is 0.489 e. The Labute approximate surface area is 161 Å². The predicted octanol–water partition coefficient (Wildman–Crippen LogP) is 5.45. The Morgan fingerprint density at radius 1 is 1.00 bits per heavy atom. The minimum Gasteiger partial charge on any atom is -0.489 e. The molecule has 3 aromatic rings. The van der Waals surface area contributed by atoms with E-state index in [4.69, 9.17) is 27.9 Å². The first-order valence-corrected chi connectivity index (χ1v) is 8.71. The lowest BCUT2D eigenvalue weighted by Gasteiger charge is -2.15. The Morgan fingerprint density at radius 3 is 2.62 bits per heavy atom. The van der Waals surface area contributed by atoms with Crippen molar-refractivity contribution in [1.82, 2.24) is 15.2 Å². The molecule has 0 aliphatic heterocycles. The summed E-state index contributed by atoms with van der Waals surface area (Å²) < 4.78 is 5.80. The summed E-state index contributed by atoms with van der Waals surface area (Å²) in [6, 6.07) is 12.7. The second-order valence-electron chi connectivity index (χ2n) is 5.70. The van der Waals surface area contributed by atoms with E-state index in [9.17, 15) is 0 Å². The maximum Gasteiger partial charge on any atom is 0.249 e. The average Bonchev–Trinajstić information content (AvgIpc) is 2.60. The van der Waals surface area contributed by atoms with E-state index >= 15 is 0 Å². The lowest BCUT2D eigenvalue weighted by Crippen LogP contribution is -2.08. The van der Waals surface area contributed by atoms with Crippen LogP contribution in [0.4, 0.5) is 23.1 Å². The number of rotatable bonds is 6. The third-order valence-corrected chi connectivity index (χ3v) is 3.81. The summed E-state index contributed by atoms with van der Waals surface area (Å²) in [6.07, 6.45) is 1.58. The van der Waals surface area contributed by atoms with Gasteiger partial charge < -0.3 is 15.4 Å². The second kappa shape index (κ2) is 8.21. The summed E-state index contributed by atoms with van der Waals surface area (Å²) in [7, 11) is 0. The summed E-state index contributed by atoms with van der Waals surface area (Å²) in [5.41, 5.74) is 1.38. The van der Waals surface area contributed by atoms with Crippen LogP contribution in [0.15, 0.2) is 48.7 Å². The minimum atomic E-state index is 0.0590. The van der Waals surface area contributed by atoms with Crippen molar-refractivity contribution >= 4 is 46.3 Å². The first-order chi connectivity index (χ1) is 12.5. The van der Waals surface area contributed by atoms with Gasteiger partial charge in [0.25, 0.3) is 0 Å². The highest BCUT2D eigenvalue weighted by Gasteiger charge is 2.09. The third kappa shape index (κ3) is 4.74. The fraction of sp³-hybridized carbons (Fsp3) is 0.167. The first kappa shape index (κ1) is 18.2. The Balaban J connectivity index is 1.81. The molecule has 0 fully saturated rings. The van der Waals surface area contributed by atoms with Gasteiger partial charge in [-0.05, 0) is 44.2 Å². The van der Waals surface area contributed by atoms with E-state index in [0.29, 0.717) is 27.5 Å². The van der Waals surface area contributed by atoms with Gasteiger partial charge in [0.15, 0.2) is 5.82 Å². The van der Waals surface area contributed by atoms with E-state index in [2.05, 4.69) is 25.8 Å². The fourth-order valence-corrected chi connectivity index (χ4v) is 2.53. The molecule has 1 aromatic heterocycles. The van der Waals surface area contributed by atoms with Crippen LogP contribution in [0.1, 0.15) is 13.8 Å². The maximum absolute atomic E-state index is 6.16. The molecule has 0 spiro atoms. The van der Waals surface area contributed by atoms with Gasteiger partial charge in [-0.15, -0.1) is 5.10 Å². The molecule has 0 unspecified atom stereocenters. The number of benzene rings is 2. The number of hydrogen-bond donors (Lipinski definition) is 2. The standard InChI is InChI=1S/C18H17Cl2N5O/c1-11(2)26-16-6-4-3-5-14(16)22-17-10-21-25-18(24-17)23-15-9-12(19)7-8-13(15)20/h3-11H,1-2H3,(H2,22,23,24,25). The van der Waals surface area contributed by atoms with Gasteiger partial charge in [0.2, 0.25) is 5.95 Å². The van der Waals surface area contributed by atoms with Gasteiger partial charge in [-0.3, -0.25) is 0 Å². The van der Waals surface area contributed by atoms with Crippen LogP contribution in [0.3, 0.4) is 0 Å². The number of hydrogen-bond acceptors (Lipinski definition) is 6. The molecule has 0 saturated carbocycles. The highest BCUT2D eigenvalue weighted by atomic mass is 35.5. The molecule has 0 amide bonds. The minimum absolute atomic E-state index is 0.0590. The van der Waals surface area contributed by atoms with Crippen molar-refractivity contribution in [3.63, 3.8) is 0 Å². The normalized spacial score (nSPS) is 10.7. The van der Waals surface area contributed by atoms with Crippen LogP contribution < -0.4 is 15.4 Å². The van der Waals surface area contributed by atoms with Gasteiger partial charge in [0.1, 0.15) is 5.75 Å². The summed E-state index contributed by atoms with van der Waals surface area (Å²) in [4.78, 5) is 4.40. The van der Waals surface area contributed by atoms with Crippen LogP contribution >= 0.6 is 23.2 Å². The molecular weight excluding hydrogens is 373 g/mol. The molecule has 0 saturated heterocycles. The number of nitrogens with one attached hydrogen (secondary N) is 2. The molecule has 0 aliphatic rings. The van der Waals surface area contributed by atoms with Gasteiger partial charge in [-0.2, -0.15) is 10.1 Å². The van der Waals surface area contributed by atoms with Gasteiger partial charge in [0.05, 0.1) is 28.7 Å². The Morgan fingerprint density at radius 2 is 1.81 bits per heavy atom. The Bertz CT molecular complexity index is 904. The number of nitrogens with zero attached hydrogens (tertiary/aromatic N) is 3. The predicted molar refractivity (Wildman–Crippen MR) is 105 cm³/mol. The van der Waals surface area contributed by atoms with Crippen molar-refractivity contribution in [2.45, 2.75) is 20.0 Å². The van der Waals surface area contributed by atoms with Crippen molar-refractivity contribution in [3.8, 4) is 5.75 Å². The smallest absolute Gasteiger partial charge is 0.249 e. The molecule has 6 nitrogen and oxygen atoms in total. The molecule has 0 aliphatic carbocycles. The van der Waals surface area contributed by atoms with Crippen molar-refractivity contribution in [2.24, 2.45) is 0 Å². The van der Waals surface area contributed by atoms with Gasteiger partial charge in [0, 0.05) is 5.02 Å². The van der Waals surface area contributed by atoms with E-state index in [-0.39, 0.29) is 6.10 Å². The monoisotopic (exact) mass is 389 g/mol. The molecule has 0 radical (unpaired) electrons. The van der Waals surface area contributed by atoms with Crippen molar-refractivity contribution in [2.75, 3.05) is 10.6 Å². The van der Waals surface area contributed by atoms with Crippen molar-refractivity contribution in [1.29, 1.82) is 0 Å². The van der Waals surface area contributed by atoms with Crippen LogP contribution in [0.2, 0.25) is 10.0 Å². The number of ether oxygens (including phenoxy) is 1. The second-order valence-corrected chi connectivity index (χ2v) is 6.55. The van der Waals surface area contributed by atoms with E-state index < -0.39 is 0 Å². The molecule has 3 rings (SSSR count). The van der Waals surface area contributed by atoms with Crippen LogP contribution in [-0.2, 0) is 0 Å². The Hall–Kier alpha value is -2.57. The Kier molecular flexibility index (Phi) is 5.75. The third-order valence-electron chi connectivity index (χ3n) is 3.25. The number of halogens is 2. The number of anilines is 4.